The summed E-state index contributed by atoms with van der Waals surface area (Å²) in [6, 6.07) is 17.0. The van der Waals surface area contributed by atoms with Crippen molar-refractivity contribution in [3.05, 3.63) is 54.1 Å². The van der Waals surface area contributed by atoms with Gasteiger partial charge in [0, 0.05) is 57.6 Å². The van der Waals surface area contributed by atoms with Crippen molar-refractivity contribution in [3.8, 4) is 11.5 Å². The van der Waals surface area contributed by atoms with Crippen LogP contribution in [0.5, 0.6) is 11.5 Å². The number of hydrogen-bond acceptors (Lipinski definition) is 6. The molecular weight excluding hydrogens is 402 g/mol. The third-order valence-corrected chi connectivity index (χ3v) is 6.36. The van der Waals surface area contributed by atoms with Crippen molar-refractivity contribution in [3.63, 3.8) is 0 Å². The Balaban J connectivity index is 1.09. The Morgan fingerprint density at radius 2 is 1.59 bits per heavy atom. The number of morpholine rings is 1. The van der Waals surface area contributed by atoms with Crippen molar-refractivity contribution in [1.82, 2.24) is 9.80 Å². The second-order valence-electron chi connectivity index (χ2n) is 8.62. The minimum absolute atomic E-state index is 0.784. The number of methoxy groups -OCH3 is 1. The average molecular weight is 440 g/mol. The van der Waals surface area contributed by atoms with Gasteiger partial charge in [-0.15, -0.1) is 0 Å². The maximum atomic E-state index is 5.96. The zero-order chi connectivity index (χ0) is 22.0. The van der Waals surface area contributed by atoms with Crippen molar-refractivity contribution < 1.29 is 14.2 Å². The summed E-state index contributed by atoms with van der Waals surface area (Å²) in [6.07, 6.45) is 2.26. The summed E-state index contributed by atoms with van der Waals surface area (Å²) in [5.74, 6) is 1.90. The van der Waals surface area contributed by atoms with Gasteiger partial charge in [-0.3, -0.25) is 9.80 Å². The van der Waals surface area contributed by atoms with Crippen LogP contribution in [0.25, 0.3) is 0 Å². The van der Waals surface area contributed by atoms with Crippen LogP contribution >= 0.6 is 0 Å². The zero-order valence-electron chi connectivity index (χ0n) is 19.4. The normalized spacial score (nSPS) is 18.0. The fraction of sp³-hybridized carbons (Fsp3) is 0.538. The number of nitrogens with zero attached hydrogens (tertiary/aromatic N) is 3. The molecule has 0 spiro atoms. The third-order valence-electron chi connectivity index (χ3n) is 6.36. The van der Waals surface area contributed by atoms with Crippen LogP contribution in [0.3, 0.4) is 0 Å². The maximum Gasteiger partial charge on any atom is 0.120 e. The van der Waals surface area contributed by atoms with Gasteiger partial charge in [-0.1, -0.05) is 18.2 Å². The van der Waals surface area contributed by atoms with Crippen molar-refractivity contribution in [2.45, 2.75) is 19.4 Å². The Kier molecular flexibility index (Phi) is 8.65. The lowest BCUT2D eigenvalue weighted by Crippen LogP contribution is -2.46. The molecule has 0 unspecified atom stereocenters. The van der Waals surface area contributed by atoms with E-state index in [0.29, 0.717) is 0 Å². The Hall–Kier alpha value is -2.28. The molecule has 2 aromatic carbocycles. The first kappa shape index (κ1) is 22.9. The molecule has 4 rings (SSSR count). The Morgan fingerprint density at radius 3 is 2.34 bits per heavy atom. The van der Waals surface area contributed by atoms with E-state index in [-0.39, 0.29) is 0 Å². The molecule has 0 saturated carbocycles. The summed E-state index contributed by atoms with van der Waals surface area (Å²) in [5.41, 5.74) is 2.60. The van der Waals surface area contributed by atoms with E-state index < -0.39 is 0 Å². The third kappa shape index (κ3) is 6.86. The summed E-state index contributed by atoms with van der Waals surface area (Å²) >= 11 is 0. The average Bonchev–Trinajstić information content (AvgIpc) is 2.86. The number of unbranched alkanes of at least 4 members (excludes halogenated alkanes) is 1. The monoisotopic (exact) mass is 439 g/mol. The predicted molar refractivity (Wildman–Crippen MR) is 129 cm³/mol. The number of hydrogen-bond donors (Lipinski definition) is 0. The molecule has 2 fully saturated rings. The highest BCUT2D eigenvalue weighted by Gasteiger charge is 2.17. The van der Waals surface area contributed by atoms with Crippen molar-refractivity contribution >= 4 is 5.69 Å². The molecule has 174 valence electrons. The molecule has 2 aromatic rings. The van der Waals surface area contributed by atoms with Crippen LogP contribution in [-0.2, 0) is 11.3 Å². The van der Waals surface area contributed by atoms with Crippen molar-refractivity contribution in [2.24, 2.45) is 0 Å². The molecule has 0 radical (unpaired) electrons. The summed E-state index contributed by atoms with van der Waals surface area (Å²) in [5, 5.41) is 0. The SMILES string of the molecule is COc1cccc(N2CCN(CCCCOc3ccc(CN4CCOCC4)cc3)CC2)c1. The van der Waals surface area contributed by atoms with Gasteiger partial charge >= 0.3 is 0 Å². The van der Waals surface area contributed by atoms with Crippen LogP contribution in [0, 0.1) is 0 Å². The highest BCUT2D eigenvalue weighted by molar-refractivity contribution is 5.51. The van der Waals surface area contributed by atoms with E-state index in [1.807, 2.05) is 6.07 Å². The molecule has 2 saturated heterocycles. The Morgan fingerprint density at radius 1 is 0.812 bits per heavy atom. The van der Waals surface area contributed by atoms with Gasteiger partial charge in [0.1, 0.15) is 11.5 Å². The lowest BCUT2D eigenvalue weighted by Gasteiger charge is -2.36. The molecule has 2 aliphatic heterocycles. The molecule has 32 heavy (non-hydrogen) atoms. The van der Waals surface area contributed by atoms with E-state index in [1.54, 1.807) is 7.11 Å². The molecule has 0 aliphatic carbocycles. The fourth-order valence-electron chi connectivity index (χ4n) is 4.37. The largest absolute Gasteiger partial charge is 0.497 e. The Labute approximate surface area is 192 Å². The van der Waals surface area contributed by atoms with E-state index in [1.165, 1.54) is 17.7 Å². The van der Waals surface area contributed by atoms with Crippen LogP contribution < -0.4 is 14.4 Å². The van der Waals surface area contributed by atoms with Crippen molar-refractivity contribution in [1.29, 1.82) is 0 Å². The highest BCUT2D eigenvalue weighted by Crippen LogP contribution is 2.22. The number of rotatable bonds is 10. The molecule has 0 aromatic heterocycles. The lowest BCUT2D eigenvalue weighted by atomic mass is 10.2. The van der Waals surface area contributed by atoms with Crippen LogP contribution in [0.4, 0.5) is 5.69 Å². The van der Waals surface area contributed by atoms with Crippen LogP contribution in [-0.4, -0.2) is 82.5 Å². The predicted octanol–water partition coefficient (Wildman–Crippen LogP) is 3.51. The van der Waals surface area contributed by atoms with E-state index in [0.717, 1.165) is 90.1 Å². The van der Waals surface area contributed by atoms with Gasteiger partial charge < -0.3 is 19.1 Å². The summed E-state index contributed by atoms with van der Waals surface area (Å²) in [7, 11) is 1.72. The second kappa shape index (κ2) is 12.1. The quantitative estimate of drug-likeness (QED) is 0.528. The molecule has 6 heteroatoms. The Bertz CT molecular complexity index is 800. The molecule has 6 nitrogen and oxygen atoms in total. The van der Waals surface area contributed by atoms with Crippen LogP contribution in [0.2, 0.25) is 0 Å². The van der Waals surface area contributed by atoms with Crippen molar-refractivity contribution in [2.75, 3.05) is 77.6 Å². The maximum absolute atomic E-state index is 5.96. The fourth-order valence-corrected chi connectivity index (χ4v) is 4.37. The minimum atomic E-state index is 0.784. The lowest BCUT2D eigenvalue weighted by molar-refractivity contribution is 0.0342. The van der Waals surface area contributed by atoms with Gasteiger partial charge in [0.2, 0.25) is 0 Å². The molecule has 2 heterocycles. The van der Waals surface area contributed by atoms with Gasteiger partial charge in [0.15, 0.2) is 0 Å². The first-order valence-corrected chi connectivity index (χ1v) is 11.9. The van der Waals surface area contributed by atoms with Gasteiger partial charge in [-0.05, 0) is 49.2 Å². The van der Waals surface area contributed by atoms with E-state index in [9.17, 15) is 0 Å². The minimum Gasteiger partial charge on any atom is -0.497 e. The smallest absolute Gasteiger partial charge is 0.120 e. The number of ether oxygens (including phenoxy) is 3. The first-order chi connectivity index (χ1) is 15.8. The van der Waals surface area contributed by atoms with Crippen LogP contribution in [0.1, 0.15) is 18.4 Å². The summed E-state index contributed by atoms with van der Waals surface area (Å²) in [6.45, 7) is 11.0. The van der Waals surface area contributed by atoms with E-state index >= 15 is 0 Å². The van der Waals surface area contributed by atoms with E-state index in [2.05, 4.69) is 57.2 Å². The molecule has 0 bridgehead atoms. The zero-order valence-corrected chi connectivity index (χ0v) is 19.4. The topological polar surface area (TPSA) is 37.4 Å². The molecule has 0 N–H and O–H groups in total. The van der Waals surface area contributed by atoms with Crippen LogP contribution in [0.15, 0.2) is 48.5 Å². The number of benzene rings is 2. The van der Waals surface area contributed by atoms with E-state index in [4.69, 9.17) is 14.2 Å². The van der Waals surface area contributed by atoms with Gasteiger partial charge in [0.25, 0.3) is 0 Å². The summed E-state index contributed by atoms with van der Waals surface area (Å²) < 4.78 is 16.7. The molecule has 0 amide bonds. The van der Waals surface area contributed by atoms with Gasteiger partial charge in [0.05, 0.1) is 26.9 Å². The van der Waals surface area contributed by atoms with Gasteiger partial charge in [-0.25, -0.2) is 0 Å². The molecular formula is C26H37N3O3. The van der Waals surface area contributed by atoms with Gasteiger partial charge in [-0.2, -0.15) is 0 Å². The molecule has 0 atom stereocenters. The summed E-state index contributed by atoms with van der Waals surface area (Å²) in [4.78, 5) is 7.46. The second-order valence-corrected chi connectivity index (χ2v) is 8.62. The standard InChI is InChI=1S/C26H37N3O3/c1-30-26-6-4-5-24(21-26)29-14-12-27(13-15-29)11-2-3-18-32-25-9-7-23(8-10-25)22-28-16-19-31-20-17-28/h4-10,21H,2-3,11-20,22H2,1H3. The first-order valence-electron chi connectivity index (χ1n) is 11.9. The highest BCUT2D eigenvalue weighted by atomic mass is 16.5. The molecule has 2 aliphatic rings. The number of anilines is 1. The number of piperazine rings is 1.